The molecule has 0 radical (unpaired) electrons. The Labute approximate surface area is 175 Å². The van der Waals surface area contributed by atoms with Crippen LogP contribution in [0.5, 0.6) is 5.75 Å². The molecule has 0 aliphatic heterocycles. The number of esters is 1. The molecule has 1 heterocycles. The summed E-state index contributed by atoms with van der Waals surface area (Å²) in [5, 5.41) is 1.56. The van der Waals surface area contributed by atoms with E-state index in [0.717, 1.165) is 23.7 Å². The molecular formula is C24H36ClNO2. The van der Waals surface area contributed by atoms with Crippen LogP contribution in [-0.4, -0.2) is 11.0 Å². The summed E-state index contributed by atoms with van der Waals surface area (Å²) in [6.07, 6.45) is 19.2. The highest BCUT2D eigenvalue weighted by Crippen LogP contribution is 2.28. The van der Waals surface area contributed by atoms with Gasteiger partial charge in [0.15, 0.2) is 5.75 Å². The number of aromatic amines is 1. The summed E-state index contributed by atoms with van der Waals surface area (Å²) in [5.74, 6) is 0.435. The van der Waals surface area contributed by atoms with Crippen LogP contribution in [0.15, 0.2) is 24.4 Å². The first-order chi connectivity index (χ1) is 13.7. The minimum Gasteiger partial charge on any atom is -0.424 e. The van der Waals surface area contributed by atoms with Crippen molar-refractivity contribution in [3.63, 3.8) is 0 Å². The zero-order valence-corrected chi connectivity index (χ0v) is 18.2. The van der Waals surface area contributed by atoms with Gasteiger partial charge in [0.25, 0.3) is 0 Å². The molecule has 28 heavy (non-hydrogen) atoms. The second-order valence-electron chi connectivity index (χ2n) is 7.81. The SMILES string of the molecule is CCCCCCCCCCCCCCCC(=O)Oc1c[nH]c2cc(Cl)ccc12. The van der Waals surface area contributed by atoms with Gasteiger partial charge in [0, 0.05) is 23.0 Å². The molecule has 1 aromatic heterocycles. The largest absolute Gasteiger partial charge is 0.424 e. The number of unbranched alkanes of at least 4 members (excludes halogenated alkanes) is 12. The van der Waals surface area contributed by atoms with Gasteiger partial charge in [-0.1, -0.05) is 95.6 Å². The zero-order valence-electron chi connectivity index (χ0n) is 17.4. The molecule has 4 heteroatoms. The summed E-state index contributed by atoms with van der Waals surface area (Å²) in [6.45, 7) is 2.27. The zero-order chi connectivity index (χ0) is 20.0. The van der Waals surface area contributed by atoms with E-state index in [1.165, 1.54) is 70.6 Å². The van der Waals surface area contributed by atoms with Crippen molar-refractivity contribution in [3.8, 4) is 5.75 Å². The Morgan fingerprint density at radius 3 is 2.07 bits per heavy atom. The number of carbonyl (C=O) groups excluding carboxylic acids is 1. The number of benzene rings is 1. The van der Waals surface area contributed by atoms with E-state index in [9.17, 15) is 4.79 Å². The molecule has 0 amide bonds. The Morgan fingerprint density at radius 1 is 0.893 bits per heavy atom. The minimum atomic E-state index is -0.154. The average Bonchev–Trinajstić information content (AvgIpc) is 3.07. The van der Waals surface area contributed by atoms with Crippen LogP contribution in [0.1, 0.15) is 96.8 Å². The Kier molecular flexibility index (Phi) is 11.1. The third-order valence-corrected chi connectivity index (χ3v) is 5.55. The van der Waals surface area contributed by atoms with Crippen molar-refractivity contribution in [2.45, 2.75) is 96.8 Å². The number of rotatable bonds is 15. The van der Waals surface area contributed by atoms with Crippen molar-refractivity contribution in [2.75, 3.05) is 0 Å². The maximum absolute atomic E-state index is 12.1. The van der Waals surface area contributed by atoms with Crippen LogP contribution in [0, 0.1) is 0 Å². The van der Waals surface area contributed by atoms with Gasteiger partial charge in [-0.05, 0) is 24.6 Å². The molecule has 3 nitrogen and oxygen atoms in total. The van der Waals surface area contributed by atoms with Crippen LogP contribution in [-0.2, 0) is 4.79 Å². The van der Waals surface area contributed by atoms with Crippen LogP contribution >= 0.6 is 11.6 Å². The Morgan fingerprint density at radius 2 is 1.46 bits per heavy atom. The van der Waals surface area contributed by atoms with Crippen molar-refractivity contribution >= 4 is 28.5 Å². The predicted molar refractivity (Wildman–Crippen MR) is 119 cm³/mol. The Bertz CT molecular complexity index is 695. The van der Waals surface area contributed by atoms with Crippen molar-refractivity contribution in [1.82, 2.24) is 4.98 Å². The maximum Gasteiger partial charge on any atom is 0.311 e. The van der Waals surface area contributed by atoms with E-state index in [-0.39, 0.29) is 5.97 Å². The van der Waals surface area contributed by atoms with Gasteiger partial charge in [0.2, 0.25) is 0 Å². The molecule has 0 spiro atoms. The van der Waals surface area contributed by atoms with Gasteiger partial charge in [-0.15, -0.1) is 0 Å². The lowest BCUT2D eigenvalue weighted by atomic mass is 10.0. The molecule has 0 saturated carbocycles. The van der Waals surface area contributed by atoms with Gasteiger partial charge in [0.05, 0.1) is 5.52 Å². The van der Waals surface area contributed by atoms with Crippen LogP contribution in [0.2, 0.25) is 5.02 Å². The second kappa shape index (κ2) is 13.7. The molecule has 0 fully saturated rings. The molecular weight excluding hydrogens is 370 g/mol. The first kappa shape index (κ1) is 22.8. The number of halogens is 1. The van der Waals surface area contributed by atoms with E-state index in [1.807, 2.05) is 18.2 Å². The van der Waals surface area contributed by atoms with Crippen molar-refractivity contribution in [3.05, 3.63) is 29.4 Å². The number of H-pyrrole nitrogens is 1. The molecule has 0 aliphatic rings. The smallest absolute Gasteiger partial charge is 0.311 e. The number of hydrogen-bond donors (Lipinski definition) is 1. The van der Waals surface area contributed by atoms with E-state index < -0.39 is 0 Å². The normalized spacial score (nSPS) is 11.2. The van der Waals surface area contributed by atoms with Crippen molar-refractivity contribution < 1.29 is 9.53 Å². The van der Waals surface area contributed by atoms with Gasteiger partial charge in [-0.2, -0.15) is 0 Å². The number of hydrogen-bond acceptors (Lipinski definition) is 2. The molecule has 0 atom stereocenters. The van der Waals surface area contributed by atoms with E-state index in [0.29, 0.717) is 17.2 Å². The molecule has 1 aromatic carbocycles. The fourth-order valence-electron chi connectivity index (χ4n) is 3.62. The second-order valence-corrected chi connectivity index (χ2v) is 8.25. The molecule has 0 bridgehead atoms. The lowest BCUT2D eigenvalue weighted by molar-refractivity contribution is -0.134. The number of fused-ring (bicyclic) bond motifs is 1. The topological polar surface area (TPSA) is 42.1 Å². The summed E-state index contributed by atoms with van der Waals surface area (Å²) < 4.78 is 5.50. The van der Waals surface area contributed by atoms with Crippen molar-refractivity contribution in [2.24, 2.45) is 0 Å². The third-order valence-electron chi connectivity index (χ3n) is 5.31. The number of ether oxygens (including phenoxy) is 1. The molecule has 2 aromatic rings. The molecule has 0 aliphatic carbocycles. The van der Waals surface area contributed by atoms with E-state index >= 15 is 0 Å². The summed E-state index contributed by atoms with van der Waals surface area (Å²) in [4.78, 5) is 15.2. The van der Waals surface area contributed by atoms with Crippen LogP contribution in [0.25, 0.3) is 10.9 Å². The molecule has 0 saturated heterocycles. The van der Waals surface area contributed by atoms with Gasteiger partial charge in [0.1, 0.15) is 0 Å². The monoisotopic (exact) mass is 405 g/mol. The quantitative estimate of drug-likeness (QED) is 0.239. The summed E-state index contributed by atoms with van der Waals surface area (Å²) >= 11 is 5.97. The number of aromatic nitrogens is 1. The van der Waals surface area contributed by atoms with Gasteiger partial charge in [-0.25, -0.2) is 0 Å². The summed E-state index contributed by atoms with van der Waals surface area (Å²) in [5.41, 5.74) is 0.885. The van der Waals surface area contributed by atoms with Crippen LogP contribution in [0.4, 0.5) is 0 Å². The predicted octanol–water partition coefficient (Wildman–Crippen LogP) is 8.21. The number of carbonyl (C=O) groups is 1. The van der Waals surface area contributed by atoms with Crippen LogP contribution in [0.3, 0.4) is 0 Å². The molecule has 0 unspecified atom stereocenters. The highest BCUT2D eigenvalue weighted by molar-refractivity contribution is 6.31. The maximum atomic E-state index is 12.1. The van der Waals surface area contributed by atoms with Gasteiger partial charge >= 0.3 is 5.97 Å². The summed E-state index contributed by atoms with van der Waals surface area (Å²) in [7, 11) is 0. The fourth-order valence-corrected chi connectivity index (χ4v) is 3.79. The van der Waals surface area contributed by atoms with Gasteiger partial charge in [-0.3, -0.25) is 4.79 Å². The Hall–Kier alpha value is -1.48. The van der Waals surface area contributed by atoms with E-state index in [2.05, 4.69) is 11.9 Å². The molecule has 156 valence electrons. The van der Waals surface area contributed by atoms with E-state index in [1.54, 1.807) is 6.20 Å². The molecule has 1 N–H and O–H groups in total. The average molecular weight is 406 g/mol. The van der Waals surface area contributed by atoms with E-state index in [4.69, 9.17) is 16.3 Å². The summed E-state index contributed by atoms with van der Waals surface area (Å²) in [6, 6.07) is 5.52. The van der Waals surface area contributed by atoms with Crippen LogP contribution < -0.4 is 4.74 Å². The van der Waals surface area contributed by atoms with Gasteiger partial charge < -0.3 is 9.72 Å². The first-order valence-electron chi connectivity index (χ1n) is 11.2. The van der Waals surface area contributed by atoms with Crippen molar-refractivity contribution in [1.29, 1.82) is 0 Å². The number of nitrogens with one attached hydrogen (secondary N) is 1. The minimum absolute atomic E-state index is 0.154. The lowest BCUT2D eigenvalue weighted by Crippen LogP contribution is -2.07. The third kappa shape index (κ3) is 8.68. The Balaban J connectivity index is 1.46. The first-order valence-corrected chi connectivity index (χ1v) is 11.6. The highest BCUT2D eigenvalue weighted by atomic mass is 35.5. The molecule has 2 rings (SSSR count). The fraction of sp³-hybridized carbons (Fsp3) is 0.625. The highest BCUT2D eigenvalue weighted by Gasteiger charge is 2.10. The standard InChI is InChI=1S/C24H36ClNO2/c1-2-3-4-5-6-7-8-9-10-11-12-13-14-15-24(27)28-23-19-26-22-18-20(25)16-17-21(22)23/h16-19,26H,2-15H2,1H3. The lowest BCUT2D eigenvalue weighted by Gasteiger charge is -2.04.